The predicted octanol–water partition coefficient (Wildman–Crippen LogP) is 7.53. The fourth-order valence-electron chi connectivity index (χ4n) is 3.60. The van der Waals surface area contributed by atoms with Crippen molar-refractivity contribution in [1.82, 2.24) is 14.8 Å². The molecule has 1 atom stereocenters. The zero-order valence-electron chi connectivity index (χ0n) is 19.3. The van der Waals surface area contributed by atoms with Crippen LogP contribution in [-0.4, -0.2) is 26.2 Å². The second kappa shape index (κ2) is 11.5. The molecule has 0 aliphatic heterocycles. The quantitative estimate of drug-likeness (QED) is 0.119. The predicted molar refractivity (Wildman–Crippen MR) is 144 cm³/mol. The molecular weight excluding hydrogens is 543 g/mol. The van der Waals surface area contributed by atoms with Gasteiger partial charge in [0.2, 0.25) is 6.54 Å². The Morgan fingerprint density at radius 2 is 1.72 bits per heavy atom. The van der Waals surface area contributed by atoms with Crippen molar-refractivity contribution in [2.24, 2.45) is 0 Å². The van der Waals surface area contributed by atoms with Crippen molar-refractivity contribution >= 4 is 46.6 Å². The van der Waals surface area contributed by atoms with Gasteiger partial charge in [0, 0.05) is 15.6 Å². The minimum Gasteiger partial charge on any atom is -0.486 e. The molecule has 0 amide bonds. The Morgan fingerprint density at radius 3 is 2.36 bits per heavy atom. The van der Waals surface area contributed by atoms with Gasteiger partial charge in [-0.25, -0.2) is 0 Å². The highest BCUT2D eigenvalue weighted by Gasteiger charge is 2.26. The molecule has 0 N–H and O–H groups in total. The van der Waals surface area contributed by atoms with Crippen molar-refractivity contribution in [1.29, 1.82) is 0 Å². The number of aromatic nitrogens is 3. The average Bonchev–Trinajstić information content (AvgIpc) is 3.18. The summed E-state index contributed by atoms with van der Waals surface area (Å²) in [6.45, 7) is 3.71. The van der Waals surface area contributed by atoms with E-state index in [0.29, 0.717) is 27.3 Å². The summed E-state index contributed by atoms with van der Waals surface area (Å²) in [5.74, 6) is 0.977. The number of benzene rings is 3. The van der Waals surface area contributed by atoms with Crippen molar-refractivity contribution in [3.05, 3.63) is 108 Å². The Hall–Kier alpha value is -2.78. The van der Waals surface area contributed by atoms with Gasteiger partial charge < -0.3 is 4.74 Å². The molecule has 7 nitrogen and oxygen atoms in total. The molecule has 0 unspecified atom stereocenters. The Morgan fingerprint density at radius 1 is 1.03 bits per heavy atom. The van der Waals surface area contributed by atoms with Crippen LogP contribution in [0.4, 0.5) is 0 Å². The second-order valence-corrected chi connectivity index (χ2v) is 10.5. The summed E-state index contributed by atoms with van der Waals surface area (Å²) in [5, 5.41) is 21.1. The van der Waals surface area contributed by atoms with Crippen LogP contribution >= 0.6 is 46.6 Å². The van der Waals surface area contributed by atoms with Gasteiger partial charge in [0.25, 0.3) is 0 Å². The monoisotopic (exact) mass is 562 g/mol. The van der Waals surface area contributed by atoms with Crippen LogP contribution in [0.2, 0.25) is 15.1 Å². The Bertz CT molecular complexity index is 1370. The molecule has 1 heterocycles. The standard InChI is InChI=1S/C25H21Cl3N4O3S/c1-15-4-3-5-20(10-15)32-16(2)29-30-25(32)36-23(13-31(33)34)18-11-21(27)24(22(28)12-18)35-14-17-6-8-19(26)9-7-17/h3-12,23H,13-14H2,1-2H3/t23-/m0/s1. The maximum absolute atomic E-state index is 11.5. The summed E-state index contributed by atoms with van der Waals surface area (Å²) in [6, 6.07) is 18.4. The normalized spacial score (nSPS) is 11.9. The zero-order chi connectivity index (χ0) is 25.8. The first-order valence-corrected chi connectivity index (χ1v) is 12.9. The van der Waals surface area contributed by atoms with Gasteiger partial charge in [-0.1, -0.05) is 70.8 Å². The van der Waals surface area contributed by atoms with E-state index in [-0.39, 0.29) is 28.1 Å². The summed E-state index contributed by atoms with van der Waals surface area (Å²) in [5.41, 5.74) is 3.43. The van der Waals surface area contributed by atoms with Gasteiger partial charge >= 0.3 is 0 Å². The highest BCUT2D eigenvalue weighted by Crippen LogP contribution is 2.42. The SMILES string of the molecule is Cc1cccc(-n2c(C)nnc2S[C@@H](C[N+](=O)[O-])c2cc(Cl)c(OCc3ccc(Cl)cc3)c(Cl)c2)c1. The van der Waals surface area contributed by atoms with Gasteiger partial charge in [0.05, 0.1) is 10.0 Å². The van der Waals surface area contributed by atoms with Crippen LogP contribution in [0.15, 0.2) is 65.8 Å². The zero-order valence-corrected chi connectivity index (χ0v) is 22.4. The number of ether oxygens (including phenoxy) is 1. The lowest BCUT2D eigenvalue weighted by Gasteiger charge is -2.17. The van der Waals surface area contributed by atoms with Crippen molar-refractivity contribution in [3.63, 3.8) is 0 Å². The molecule has 11 heteroatoms. The van der Waals surface area contributed by atoms with Crippen LogP contribution in [0.5, 0.6) is 5.75 Å². The molecule has 0 spiro atoms. The maximum Gasteiger partial charge on any atom is 0.220 e. The van der Waals surface area contributed by atoms with E-state index in [1.54, 1.807) is 24.3 Å². The van der Waals surface area contributed by atoms with E-state index in [0.717, 1.165) is 16.8 Å². The van der Waals surface area contributed by atoms with Crippen LogP contribution in [-0.2, 0) is 6.61 Å². The minimum atomic E-state index is -0.618. The summed E-state index contributed by atoms with van der Waals surface area (Å²) >= 11 is 20.2. The number of rotatable bonds is 9. The van der Waals surface area contributed by atoms with E-state index < -0.39 is 5.25 Å². The lowest BCUT2D eigenvalue weighted by molar-refractivity contribution is -0.479. The molecule has 0 aliphatic rings. The smallest absolute Gasteiger partial charge is 0.220 e. The summed E-state index contributed by atoms with van der Waals surface area (Å²) in [7, 11) is 0. The summed E-state index contributed by atoms with van der Waals surface area (Å²) in [4.78, 5) is 11.2. The number of nitro groups is 1. The molecule has 4 rings (SSSR count). The molecule has 3 aromatic carbocycles. The molecule has 1 aromatic heterocycles. The van der Waals surface area contributed by atoms with Gasteiger partial charge in [0.15, 0.2) is 10.9 Å². The van der Waals surface area contributed by atoms with Crippen LogP contribution in [0.1, 0.15) is 27.8 Å². The molecule has 0 saturated heterocycles. The van der Waals surface area contributed by atoms with Crippen molar-refractivity contribution < 1.29 is 9.66 Å². The van der Waals surface area contributed by atoms with E-state index in [9.17, 15) is 10.1 Å². The molecule has 0 aliphatic carbocycles. The molecule has 4 aromatic rings. The largest absolute Gasteiger partial charge is 0.486 e. The molecular formula is C25H21Cl3N4O3S. The van der Waals surface area contributed by atoms with Gasteiger partial charge in [-0.15, -0.1) is 10.2 Å². The number of thioether (sulfide) groups is 1. The van der Waals surface area contributed by atoms with Gasteiger partial charge in [-0.2, -0.15) is 0 Å². The van der Waals surface area contributed by atoms with E-state index >= 15 is 0 Å². The number of hydrogen-bond acceptors (Lipinski definition) is 6. The van der Waals surface area contributed by atoms with E-state index in [4.69, 9.17) is 39.5 Å². The number of hydrogen-bond donors (Lipinski definition) is 0. The lowest BCUT2D eigenvalue weighted by atomic mass is 10.1. The number of aryl methyl sites for hydroxylation is 2. The van der Waals surface area contributed by atoms with Gasteiger partial charge in [-0.3, -0.25) is 14.7 Å². The van der Waals surface area contributed by atoms with Crippen LogP contribution in [0.3, 0.4) is 0 Å². The molecule has 0 fully saturated rings. The fraction of sp³-hybridized carbons (Fsp3) is 0.200. The third kappa shape index (κ3) is 6.31. The Kier molecular flexibility index (Phi) is 8.41. The van der Waals surface area contributed by atoms with Crippen LogP contribution in [0.25, 0.3) is 5.69 Å². The molecule has 0 saturated carbocycles. The topological polar surface area (TPSA) is 83.1 Å². The van der Waals surface area contributed by atoms with Crippen molar-refractivity contribution in [2.45, 2.75) is 30.9 Å². The third-order valence-corrected chi connectivity index (χ3v) is 7.30. The van der Waals surface area contributed by atoms with E-state index in [1.807, 2.05) is 54.8 Å². The van der Waals surface area contributed by atoms with Gasteiger partial charge in [0.1, 0.15) is 17.7 Å². The highest BCUT2D eigenvalue weighted by molar-refractivity contribution is 7.99. The van der Waals surface area contributed by atoms with E-state index in [1.165, 1.54) is 11.8 Å². The summed E-state index contributed by atoms with van der Waals surface area (Å²) < 4.78 is 7.72. The summed E-state index contributed by atoms with van der Waals surface area (Å²) in [6.07, 6.45) is 0. The molecule has 0 bridgehead atoms. The molecule has 36 heavy (non-hydrogen) atoms. The van der Waals surface area contributed by atoms with Crippen molar-refractivity contribution in [3.8, 4) is 11.4 Å². The lowest BCUT2D eigenvalue weighted by Crippen LogP contribution is -2.11. The van der Waals surface area contributed by atoms with Crippen molar-refractivity contribution in [2.75, 3.05) is 6.54 Å². The average molecular weight is 564 g/mol. The first kappa shape index (κ1) is 26.3. The maximum atomic E-state index is 11.5. The van der Waals surface area contributed by atoms with E-state index in [2.05, 4.69) is 10.2 Å². The second-order valence-electron chi connectivity index (χ2n) is 8.05. The Balaban J connectivity index is 1.62. The number of halogens is 3. The first-order chi connectivity index (χ1) is 17.2. The van der Waals surface area contributed by atoms with Gasteiger partial charge in [-0.05, 0) is 66.9 Å². The Labute approximate surface area is 227 Å². The molecule has 0 radical (unpaired) electrons. The minimum absolute atomic E-state index is 0.238. The highest BCUT2D eigenvalue weighted by atomic mass is 35.5. The molecule has 186 valence electrons. The third-order valence-electron chi connectivity index (χ3n) is 5.31. The van der Waals surface area contributed by atoms with Crippen LogP contribution < -0.4 is 4.74 Å². The first-order valence-electron chi connectivity index (χ1n) is 10.8. The van der Waals surface area contributed by atoms with Crippen LogP contribution in [0, 0.1) is 24.0 Å². The fourth-order valence-corrected chi connectivity index (χ4v) is 5.49. The number of nitrogens with zero attached hydrogens (tertiary/aromatic N) is 4.